The number of amides is 1. The quantitative estimate of drug-likeness (QED) is 0.232. The van der Waals surface area contributed by atoms with Crippen molar-refractivity contribution in [3.63, 3.8) is 0 Å². The van der Waals surface area contributed by atoms with Crippen LogP contribution in [0.1, 0.15) is 58.7 Å². The summed E-state index contributed by atoms with van der Waals surface area (Å²) < 4.78 is 2.18. The van der Waals surface area contributed by atoms with E-state index in [9.17, 15) is 4.79 Å². The zero-order valence-corrected chi connectivity index (χ0v) is 23.3. The molecule has 1 atom stereocenters. The van der Waals surface area contributed by atoms with Crippen molar-refractivity contribution in [3.8, 4) is 23.5 Å². The van der Waals surface area contributed by atoms with Gasteiger partial charge in [-0.3, -0.25) is 4.79 Å². The standard InChI is InChI=1S/C34H31N3O.CO2/c1-5-31(29-13-9-12-28(20-29)23(2)3)36-34(38)30-18-19-33-32(21-30)35-24(4)37(33)22-25-14-16-27(17-15-25)26-10-7-6-8-11-26;2-1-3/h1,6-21,23,31H,22H2,2-4H3,(H,36,38);/t31-;/m0./s1. The van der Waals surface area contributed by atoms with Gasteiger partial charge >= 0.3 is 6.15 Å². The summed E-state index contributed by atoms with van der Waals surface area (Å²) in [4.78, 5) is 34.1. The van der Waals surface area contributed by atoms with Crippen molar-refractivity contribution in [2.45, 2.75) is 39.3 Å². The summed E-state index contributed by atoms with van der Waals surface area (Å²) >= 11 is 0. The predicted molar refractivity (Wildman–Crippen MR) is 160 cm³/mol. The number of nitrogens with one attached hydrogen (secondary N) is 1. The van der Waals surface area contributed by atoms with E-state index in [1.54, 1.807) is 0 Å². The van der Waals surface area contributed by atoms with Gasteiger partial charge in [0, 0.05) is 12.1 Å². The van der Waals surface area contributed by atoms with Gasteiger partial charge in [-0.05, 0) is 58.9 Å². The molecule has 0 fully saturated rings. The van der Waals surface area contributed by atoms with Crippen LogP contribution in [0.4, 0.5) is 0 Å². The maximum absolute atomic E-state index is 13.1. The first-order valence-electron chi connectivity index (χ1n) is 13.3. The second-order valence-electron chi connectivity index (χ2n) is 9.99. The summed E-state index contributed by atoms with van der Waals surface area (Å²) in [6.45, 7) is 6.97. The van der Waals surface area contributed by atoms with Gasteiger partial charge in [-0.1, -0.05) is 98.6 Å². The molecule has 41 heavy (non-hydrogen) atoms. The van der Waals surface area contributed by atoms with Crippen LogP contribution in [0.25, 0.3) is 22.2 Å². The maximum Gasteiger partial charge on any atom is 0.373 e. The van der Waals surface area contributed by atoms with Crippen molar-refractivity contribution >= 4 is 23.1 Å². The van der Waals surface area contributed by atoms with E-state index in [1.807, 2.05) is 43.3 Å². The van der Waals surface area contributed by atoms with Gasteiger partial charge in [0.2, 0.25) is 0 Å². The van der Waals surface area contributed by atoms with Gasteiger partial charge in [-0.2, -0.15) is 9.59 Å². The van der Waals surface area contributed by atoms with E-state index in [1.165, 1.54) is 22.3 Å². The van der Waals surface area contributed by atoms with Crippen LogP contribution >= 0.6 is 0 Å². The van der Waals surface area contributed by atoms with E-state index in [-0.39, 0.29) is 12.1 Å². The number of hydrogen-bond donors (Lipinski definition) is 1. The Kier molecular flexibility index (Phi) is 9.27. The van der Waals surface area contributed by atoms with Crippen LogP contribution in [0.5, 0.6) is 0 Å². The smallest absolute Gasteiger partial charge is 0.334 e. The van der Waals surface area contributed by atoms with Crippen molar-refractivity contribution in [2.24, 2.45) is 0 Å². The van der Waals surface area contributed by atoms with Crippen molar-refractivity contribution < 1.29 is 14.4 Å². The van der Waals surface area contributed by atoms with Gasteiger partial charge in [0.25, 0.3) is 5.91 Å². The van der Waals surface area contributed by atoms with E-state index in [4.69, 9.17) is 21.0 Å². The largest absolute Gasteiger partial charge is 0.373 e. The minimum Gasteiger partial charge on any atom is -0.334 e. The number of terminal acetylenes is 1. The molecule has 5 rings (SSSR count). The van der Waals surface area contributed by atoms with E-state index < -0.39 is 6.04 Å². The number of rotatable bonds is 7. The lowest BCUT2D eigenvalue weighted by Gasteiger charge is -2.16. The van der Waals surface area contributed by atoms with Gasteiger partial charge < -0.3 is 9.88 Å². The Bertz CT molecular complexity index is 1720. The molecular weight excluding hydrogens is 510 g/mol. The fraction of sp³-hybridized carbons (Fsp3) is 0.171. The molecular formula is C35H31N3O3. The normalized spacial score (nSPS) is 11.2. The highest BCUT2D eigenvalue weighted by atomic mass is 16.2. The van der Waals surface area contributed by atoms with Crippen molar-refractivity contribution in [1.82, 2.24) is 14.9 Å². The molecule has 6 nitrogen and oxygen atoms in total. The first kappa shape index (κ1) is 28.8. The molecule has 0 saturated carbocycles. The molecule has 0 aliphatic rings. The third-order valence-electron chi connectivity index (χ3n) is 6.96. The molecule has 1 N–H and O–H groups in total. The highest BCUT2D eigenvalue weighted by molar-refractivity contribution is 5.97. The van der Waals surface area contributed by atoms with E-state index >= 15 is 0 Å². The fourth-order valence-corrected chi connectivity index (χ4v) is 4.74. The molecule has 0 spiro atoms. The summed E-state index contributed by atoms with van der Waals surface area (Å²) in [7, 11) is 0. The Morgan fingerprint density at radius 3 is 2.20 bits per heavy atom. The highest BCUT2D eigenvalue weighted by Crippen LogP contribution is 2.24. The Morgan fingerprint density at radius 2 is 1.54 bits per heavy atom. The van der Waals surface area contributed by atoms with Crippen LogP contribution in [-0.4, -0.2) is 21.6 Å². The monoisotopic (exact) mass is 541 g/mol. The molecule has 0 bridgehead atoms. The summed E-state index contributed by atoms with van der Waals surface area (Å²) in [5, 5.41) is 3.00. The molecule has 0 radical (unpaired) electrons. The zero-order chi connectivity index (χ0) is 29.4. The van der Waals surface area contributed by atoms with Crippen LogP contribution in [-0.2, 0) is 16.1 Å². The molecule has 0 unspecified atom stereocenters. The summed E-state index contributed by atoms with van der Waals surface area (Å²) in [6.07, 6.45) is 6.06. The Morgan fingerprint density at radius 1 is 0.878 bits per heavy atom. The summed E-state index contributed by atoms with van der Waals surface area (Å²) in [6, 6.07) is 32.2. The van der Waals surface area contributed by atoms with Gasteiger partial charge in [0.15, 0.2) is 0 Å². The van der Waals surface area contributed by atoms with Crippen molar-refractivity contribution in [2.75, 3.05) is 0 Å². The molecule has 6 heteroatoms. The lowest BCUT2D eigenvalue weighted by molar-refractivity contribution is -0.191. The van der Waals surface area contributed by atoms with Gasteiger partial charge in [0.1, 0.15) is 11.9 Å². The lowest BCUT2D eigenvalue weighted by atomic mass is 9.98. The summed E-state index contributed by atoms with van der Waals surface area (Å²) in [5.41, 5.74) is 8.00. The Labute approximate surface area is 240 Å². The first-order valence-corrected chi connectivity index (χ1v) is 13.3. The third-order valence-corrected chi connectivity index (χ3v) is 6.96. The van der Waals surface area contributed by atoms with E-state index in [0.29, 0.717) is 18.0 Å². The van der Waals surface area contributed by atoms with Crippen LogP contribution in [0.3, 0.4) is 0 Å². The number of nitrogens with zero attached hydrogens (tertiary/aromatic N) is 2. The third kappa shape index (κ3) is 6.86. The lowest BCUT2D eigenvalue weighted by Crippen LogP contribution is -2.27. The molecule has 0 aliphatic heterocycles. The molecule has 204 valence electrons. The Balaban J connectivity index is 0.00000124. The minimum atomic E-state index is -0.505. The molecule has 4 aromatic carbocycles. The number of imidazole rings is 1. The molecule has 0 aliphatic carbocycles. The maximum atomic E-state index is 13.1. The minimum absolute atomic E-state index is 0.214. The van der Waals surface area contributed by atoms with Gasteiger partial charge in [-0.15, -0.1) is 6.42 Å². The topological polar surface area (TPSA) is 81.1 Å². The SMILES string of the molecule is C#C[C@H](NC(=O)c1ccc2c(c1)nc(C)n2Cc1ccc(-c2ccccc2)cc1)c1cccc(C(C)C)c1.O=C=O. The fourth-order valence-electron chi connectivity index (χ4n) is 4.74. The number of carbonyl (C=O) groups excluding carboxylic acids is 3. The molecule has 1 heterocycles. The highest BCUT2D eigenvalue weighted by Gasteiger charge is 2.17. The number of aromatic nitrogens is 2. The van der Waals surface area contributed by atoms with Crippen LogP contribution in [0.15, 0.2) is 97.1 Å². The van der Waals surface area contributed by atoms with Gasteiger partial charge in [-0.25, -0.2) is 4.98 Å². The number of carbonyl (C=O) groups is 1. The predicted octanol–water partition coefficient (Wildman–Crippen LogP) is 6.70. The van der Waals surface area contributed by atoms with Gasteiger partial charge in [0.05, 0.1) is 11.0 Å². The number of aryl methyl sites for hydroxylation is 1. The number of benzene rings is 4. The average molecular weight is 542 g/mol. The summed E-state index contributed by atoms with van der Waals surface area (Å²) in [5.74, 6) is 3.79. The number of hydrogen-bond acceptors (Lipinski definition) is 4. The van der Waals surface area contributed by atoms with Crippen molar-refractivity contribution in [3.05, 3.63) is 125 Å². The average Bonchev–Trinajstić information content (AvgIpc) is 3.30. The molecule has 1 aromatic heterocycles. The van der Waals surface area contributed by atoms with Crippen LogP contribution < -0.4 is 5.32 Å². The van der Waals surface area contributed by atoms with Crippen LogP contribution in [0.2, 0.25) is 0 Å². The van der Waals surface area contributed by atoms with E-state index in [0.717, 1.165) is 22.4 Å². The van der Waals surface area contributed by atoms with Crippen molar-refractivity contribution in [1.29, 1.82) is 0 Å². The molecule has 0 saturated heterocycles. The zero-order valence-electron chi connectivity index (χ0n) is 23.3. The second kappa shape index (κ2) is 13.2. The van der Waals surface area contributed by atoms with Crippen LogP contribution in [0, 0.1) is 19.3 Å². The first-order chi connectivity index (χ1) is 19.8. The molecule has 1 amide bonds. The second-order valence-corrected chi connectivity index (χ2v) is 9.99. The van der Waals surface area contributed by atoms with E-state index in [2.05, 4.69) is 90.3 Å². The number of fused-ring (bicyclic) bond motifs is 1. The Hall–Kier alpha value is -5.24. The molecule has 5 aromatic rings.